The summed E-state index contributed by atoms with van der Waals surface area (Å²) in [5.41, 5.74) is 0.466. The summed E-state index contributed by atoms with van der Waals surface area (Å²) >= 11 is 5.95. The van der Waals surface area contributed by atoms with E-state index in [0.717, 1.165) is 31.7 Å². The van der Waals surface area contributed by atoms with Crippen LogP contribution < -0.4 is 20.3 Å². The molecule has 5 rings (SSSR count). The van der Waals surface area contributed by atoms with Gasteiger partial charge in [-0.15, -0.1) is 0 Å². The predicted molar refractivity (Wildman–Crippen MR) is 142 cm³/mol. The highest BCUT2D eigenvalue weighted by atomic mass is 35.5. The monoisotopic (exact) mass is 559 g/mol. The topological polar surface area (TPSA) is 87.7 Å². The number of ether oxygens (including phenoxy) is 1. The number of halogens is 3. The zero-order chi connectivity index (χ0) is 27.5. The van der Waals surface area contributed by atoms with Crippen LogP contribution in [0.2, 0.25) is 5.02 Å². The van der Waals surface area contributed by atoms with E-state index in [-0.39, 0.29) is 65.8 Å². The van der Waals surface area contributed by atoms with Crippen molar-refractivity contribution in [1.82, 2.24) is 10.6 Å². The molecule has 2 aliphatic carbocycles. The number of nitrogens with zero attached hydrogens (tertiary/aromatic N) is 1. The quantitative estimate of drug-likeness (QED) is 0.442. The van der Waals surface area contributed by atoms with Gasteiger partial charge in [-0.25, -0.2) is 8.78 Å². The number of benzene rings is 2. The molecule has 1 heterocycles. The van der Waals surface area contributed by atoms with Crippen LogP contribution in [0.15, 0.2) is 36.4 Å². The van der Waals surface area contributed by atoms with Crippen molar-refractivity contribution >= 4 is 35.0 Å². The summed E-state index contributed by atoms with van der Waals surface area (Å²) in [6, 6.07) is 8.54. The van der Waals surface area contributed by atoms with Gasteiger partial charge in [0.1, 0.15) is 17.4 Å². The molecule has 0 unspecified atom stereocenters. The highest BCUT2D eigenvalue weighted by molar-refractivity contribution is 6.30. The fourth-order valence-electron chi connectivity index (χ4n) is 6.08. The minimum absolute atomic E-state index is 0.0666. The molecule has 3 amide bonds. The summed E-state index contributed by atoms with van der Waals surface area (Å²) in [7, 11) is 0. The second kappa shape index (κ2) is 11.9. The Labute approximate surface area is 231 Å². The maximum Gasteiger partial charge on any atom is 0.265 e. The summed E-state index contributed by atoms with van der Waals surface area (Å²) in [5.74, 6) is -2.06. The summed E-state index contributed by atoms with van der Waals surface area (Å²) in [4.78, 5) is 39.9. The van der Waals surface area contributed by atoms with Crippen LogP contribution in [0.3, 0.4) is 0 Å². The van der Waals surface area contributed by atoms with Gasteiger partial charge in [0.25, 0.3) is 5.91 Å². The fraction of sp³-hybridized carbons (Fsp3) is 0.483. The van der Waals surface area contributed by atoms with Crippen LogP contribution in [0.1, 0.15) is 63.0 Å². The van der Waals surface area contributed by atoms with Crippen molar-refractivity contribution in [1.29, 1.82) is 0 Å². The molecule has 2 saturated carbocycles. The first-order valence-electron chi connectivity index (χ1n) is 13.6. The molecule has 0 saturated heterocycles. The standard InChI is InChI=1S/C29H32ClF2N3O4/c30-20-11-12-21(31)26(27(20)32)28(17-5-1-2-6-17)34-29(38)18-9-10-19(15-18)33-24(36)13-14-35-22-7-3-4-8-23(22)39-16-25(35)37/h3-4,7-8,11-12,17-19,28H,1-2,5-6,9-10,13-16H2,(H,33,36)(H,34,38)/t18-,19+,28-/m0/s1. The summed E-state index contributed by atoms with van der Waals surface area (Å²) < 4.78 is 35.1. The number of nitrogens with one attached hydrogen (secondary N) is 2. The molecule has 3 aliphatic rings. The molecule has 0 aromatic heterocycles. The van der Waals surface area contributed by atoms with Gasteiger partial charge in [0.2, 0.25) is 11.8 Å². The van der Waals surface area contributed by atoms with Crippen LogP contribution in [0, 0.1) is 23.5 Å². The first-order valence-corrected chi connectivity index (χ1v) is 13.9. The summed E-state index contributed by atoms with van der Waals surface area (Å²) in [5, 5.41) is 5.75. The van der Waals surface area contributed by atoms with E-state index >= 15 is 0 Å². The number of para-hydroxylation sites is 2. The van der Waals surface area contributed by atoms with Gasteiger partial charge < -0.3 is 20.3 Å². The third kappa shape index (κ3) is 6.03. The van der Waals surface area contributed by atoms with Crippen LogP contribution in [0.4, 0.5) is 14.5 Å². The summed E-state index contributed by atoms with van der Waals surface area (Å²) in [6.07, 6.45) is 5.17. The second-order valence-corrected chi connectivity index (χ2v) is 11.0. The minimum Gasteiger partial charge on any atom is -0.482 e. The van der Waals surface area contributed by atoms with E-state index in [1.807, 2.05) is 12.1 Å². The molecule has 2 aromatic rings. The smallest absolute Gasteiger partial charge is 0.265 e. The van der Waals surface area contributed by atoms with Gasteiger partial charge >= 0.3 is 0 Å². The van der Waals surface area contributed by atoms with E-state index in [1.54, 1.807) is 17.0 Å². The molecule has 39 heavy (non-hydrogen) atoms. The molecular formula is C29H32ClF2N3O4. The molecule has 7 nitrogen and oxygen atoms in total. The Bertz CT molecular complexity index is 1250. The van der Waals surface area contributed by atoms with Gasteiger partial charge in [0.05, 0.1) is 16.8 Å². The lowest BCUT2D eigenvalue weighted by molar-refractivity contribution is -0.126. The number of carbonyl (C=O) groups is 3. The highest BCUT2D eigenvalue weighted by Crippen LogP contribution is 2.40. The van der Waals surface area contributed by atoms with Crippen molar-refractivity contribution in [3.63, 3.8) is 0 Å². The number of hydrogen-bond donors (Lipinski definition) is 2. The van der Waals surface area contributed by atoms with Gasteiger partial charge in [-0.3, -0.25) is 14.4 Å². The van der Waals surface area contributed by atoms with Gasteiger partial charge in [-0.05, 0) is 62.3 Å². The SMILES string of the molecule is O=C(CCN1C(=O)COc2ccccc21)N[C@@H]1CC[C@H](C(=O)N[C@H](c2c(F)ccc(Cl)c2F)C2CCCC2)C1. The van der Waals surface area contributed by atoms with Crippen molar-refractivity contribution in [2.75, 3.05) is 18.1 Å². The maximum atomic E-state index is 14.9. The molecule has 0 radical (unpaired) electrons. The van der Waals surface area contributed by atoms with Crippen molar-refractivity contribution in [2.45, 2.75) is 63.5 Å². The summed E-state index contributed by atoms with van der Waals surface area (Å²) in [6.45, 7) is 0.157. The Hall–Kier alpha value is -3.20. The number of amides is 3. The van der Waals surface area contributed by atoms with Crippen LogP contribution in [-0.2, 0) is 14.4 Å². The first-order chi connectivity index (χ1) is 18.8. The Kier molecular flexibility index (Phi) is 8.35. The average molecular weight is 560 g/mol. The average Bonchev–Trinajstić information content (AvgIpc) is 3.63. The molecule has 2 aromatic carbocycles. The van der Waals surface area contributed by atoms with E-state index in [1.165, 1.54) is 6.07 Å². The van der Waals surface area contributed by atoms with E-state index in [0.29, 0.717) is 30.7 Å². The molecule has 10 heteroatoms. The Morgan fingerprint density at radius 3 is 2.64 bits per heavy atom. The van der Waals surface area contributed by atoms with Crippen LogP contribution >= 0.6 is 11.6 Å². The largest absolute Gasteiger partial charge is 0.482 e. The lowest BCUT2D eigenvalue weighted by atomic mass is 9.90. The Morgan fingerprint density at radius 2 is 1.85 bits per heavy atom. The lowest BCUT2D eigenvalue weighted by Crippen LogP contribution is -2.42. The van der Waals surface area contributed by atoms with E-state index in [2.05, 4.69) is 10.6 Å². The zero-order valence-electron chi connectivity index (χ0n) is 21.6. The van der Waals surface area contributed by atoms with E-state index in [9.17, 15) is 23.2 Å². The molecular weight excluding hydrogens is 528 g/mol. The minimum atomic E-state index is -0.827. The van der Waals surface area contributed by atoms with Gasteiger partial charge in [-0.2, -0.15) is 0 Å². The van der Waals surface area contributed by atoms with Crippen molar-refractivity contribution in [2.24, 2.45) is 11.8 Å². The number of fused-ring (bicyclic) bond motifs is 1. The predicted octanol–water partition coefficient (Wildman–Crippen LogP) is 5.07. The van der Waals surface area contributed by atoms with E-state index in [4.69, 9.17) is 16.3 Å². The molecule has 0 bridgehead atoms. The van der Waals surface area contributed by atoms with Crippen molar-refractivity contribution in [3.05, 3.63) is 58.6 Å². The molecule has 2 fully saturated rings. The number of hydrogen-bond acceptors (Lipinski definition) is 4. The van der Waals surface area contributed by atoms with Crippen LogP contribution in [0.25, 0.3) is 0 Å². The molecule has 2 N–H and O–H groups in total. The van der Waals surface area contributed by atoms with Gasteiger partial charge in [0.15, 0.2) is 6.61 Å². The molecule has 0 spiro atoms. The molecule has 208 valence electrons. The van der Waals surface area contributed by atoms with Gasteiger partial charge in [0, 0.05) is 30.5 Å². The first kappa shape index (κ1) is 27.4. The Balaban J connectivity index is 1.17. The normalized spacial score (nSPS) is 21.8. The Morgan fingerprint density at radius 1 is 1.08 bits per heavy atom. The third-order valence-corrected chi connectivity index (χ3v) is 8.39. The number of rotatable bonds is 8. The second-order valence-electron chi connectivity index (χ2n) is 10.6. The third-order valence-electron chi connectivity index (χ3n) is 8.10. The fourth-order valence-corrected chi connectivity index (χ4v) is 6.24. The maximum absolute atomic E-state index is 14.9. The van der Waals surface area contributed by atoms with Gasteiger partial charge in [-0.1, -0.05) is 36.6 Å². The number of carbonyl (C=O) groups excluding carboxylic acids is 3. The highest BCUT2D eigenvalue weighted by Gasteiger charge is 2.37. The zero-order valence-corrected chi connectivity index (χ0v) is 22.3. The molecule has 3 atom stereocenters. The van der Waals surface area contributed by atoms with Crippen molar-refractivity contribution in [3.8, 4) is 5.75 Å². The van der Waals surface area contributed by atoms with E-state index < -0.39 is 17.7 Å². The molecule has 1 aliphatic heterocycles. The lowest BCUT2D eigenvalue weighted by Gasteiger charge is -2.29. The van der Waals surface area contributed by atoms with Crippen LogP contribution in [-0.4, -0.2) is 36.9 Å². The van der Waals surface area contributed by atoms with Crippen LogP contribution in [0.5, 0.6) is 5.75 Å². The number of anilines is 1. The van der Waals surface area contributed by atoms with Crippen molar-refractivity contribution < 1.29 is 27.9 Å².